The van der Waals surface area contributed by atoms with Crippen LogP contribution in [0.2, 0.25) is 0 Å². The molecule has 1 fully saturated rings. The van der Waals surface area contributed by atoms with Crippen molar-refractivity contribution in [3.8, 4) is 0 Å². The first kappa shape index (κ1) is 13.0. The molecule has 0 bridgehead atoms. The average Bonchev–Trinajstić information content (AvgIpc) is 3.20. The van der Waals surface area contributed by atoms with E-state index in [0.29, 0.717) is 11.8 Å². The van der Waals surface area contributed by atoms with Gasteiger partial charge < -0.3 is 5.73 Å². The maximum Gasteiger partial charge on any atom is 0.123 e. The van der Waals surface area contributed by atoms with Crippen LogP contribution in [0, 0.1) is 11.7 Å². The summed E-state index contributed by atoms with van der Waals surface area (Å²) in [6, 6.07) is 17.6. The number of fused-ring (bicyclic) bond motifs is 1. The molecule has 4 rings (SSSR count). The topological polar surface area (TPSA) is 26.0 Å². The van der Waals surface area contributed by atoms with E-state index in [4.69, 9.17) is 5.73 Å². The van der Waals surface area contributed by atoms with Crippen molar-refractivity contribution in [3.63, 3.8) is 0 Å². The molecule has 1 nitrogen and oxygen atoms in total. The highest BCUT2D eigenvalue weighted by Crippen LogP contribution is 2.54. The van der Waals surface area contributed by atoms with Crippen molar-refractivity contribution in [1.82, 2.24) is 0 Å². The number of hydrogen-bond donors (Lipinski definition) is 1. The average molecular weight is 297 g/mol. The Bertz CT molecular complexity index is 780. The molecule has 1 aliphatic carbocycles. The van der Waals surface area contributed by atoms with E-state index in [-0.39, 0.29) is 11.9 Å². The van der Waals surface area contributed by atoms with Crippen molar-refractivity contribution >= 4 is 21.4 Å². The van der Waals surface area contributed by atoms with Gasteiger partial charge in [0.25, 0.3) is 0 Å². The SMILES string of the molecule is NC(c1cc2cc(F)ccc2s1)C1CC1c1ccccc1. The molecule has 3 heteroatoms. The Morgan fingerprint density at radius 1 is 1.10 bits per heavy atom. The lowest BCUT2D eigenvalue weighted by Crippen LogP contribution is -2.11. The Labute approximate surface area is 127 Å². The largest absolute Gasteiger partial charge is 0.323 e. The van der Waals surface area contributed by atoms with E-state index < -0.39 is 0 Å². The van der Waals surface area contributed by atoms with Gasteiger partial charge in [0.2, 0.25) is 0 Å². The van der Waals surface area contributed by atoms with Gasteiger partial charge in [0, 0.05) is 15.6 Å². The number of halogens is 1. The van der Waals surface area contributed by atoms with Gasteiger partial charge in [-0.05, 0) is 53.5 Å². The van der Waals surface area contributed by atoms with Crippen molar-refractivity contribution in [1.29, 1.82) is 0 Å². The molecule has 2 N–H and O–H groups in total. The molecule has 1 aliphatic rings. The third-order valence-corrected chi connectivity index (χ3v) is 5.57. The van der Waals surface area contributed by atoms with Crippen LogP contribution >= 0.6 is 11.3 Å². The quantitative estimate of drug-likeness (QED) is 0.735. The van der Waals surface area contributed by atoms with Crippen LogP contribution in [0.4, 0.5) is 4.39 Å². The highest BCUT2D eigenvalue weighted by Gasteiger charge is 2.43. The van der Waals surface area contributed by atoms with Crippen LogP contribution in [0.3, 0.4) is 0 Å². The molecule has 0 saturated heterocycles. The molecule has 3 aromatic rings. The smallest absolute Gasteiger partial charge is 0.123 e. The first-order valence-electron chi connectivity index (χ1n) is 7.22. The number of benzene rings is 2. The molecule has 106 valence electrons. The molecule has 0 aliphatic heterocycles. The van der Waals surface area contributed by atoms with Gasteiger partial charge >= 0.3 is 0 Å². The van der Waals surface area contributed by atoms with E-state index in [1.807, 2.05) is 18.2 Å². The van der Waals surface area contributed by atoms with Crippen molar-refractivity contribution in [2.75, 3.05) is 0 Å². The van der Waals surface area contributed by atoms with E-state index >= 15 is 0 Å². The summed E-state index contributed by atoms with van der Waals surface area (Å²) in [6.45, 7) is 0. The molecule has 1 saturated carbocycles. The number of thiophene rings is 1. The minimum Gasteiger partial charge on any atom is -0.323 e. The molecule has 1 heterocycles. The minimum absolute atomic E-state index is 0.0515. The molecular formula is C18H16FNS. The maximum absolute atomic E-state index is 13.3. The summed E-state index contributed by atoms with van der Waals surface area (Å²) in [5.41, 5.74) is 7.83. The molecule has 3 atom stereocenters. The fourth-order valence-electron chi connectivity index (χ4n) is 3.11. The Hall–Kier alpha value is -1.71. The van der Waals surface area contributed by atoms with Crippen LogP contribution in [0.15, 0.2) is 54.6 Å². The molecule has 0 amide bonds. The fraction of sp³-hybridized carbons (Fsp3) is 0.222. The fourth-order valence-corrected chi connectivity index (χ4v) is 4.23. The predicted molar refractivity (Wildman–Crippen MR) is 86.0 cm³/mol. The van der Waals surface area contributed by atoms with Crippen LogP contribution < -0.4 is 5.73 Å². The normalized spacial score (nSPS) is 22.4. The summed E-state index contributed by atoms with van der Waals surface area (Å²) in [6.07, 6.45) is 1.15. The van der Waals surface area contributed by atoms with Gasteiger partial charge in [0.05, 0.1) is 0 Å². The summed E-state index contributed by atoms with van der Waals surface area (Å²) in [5.74, 6) is 0.891. The van der Waals surface area contributed by atoms with Crippen molar-refractivity contribution in [2.24, 2.45) is 11.7 Å². The van der Waals surface area contributed by atoms with Crippen LogP contribution in [0.1, 0.15) is 28.8 Å². The van der Waals surface area contributed by atoms with Gasteiger partial charge in [-0.15, -0.1) is 11.3 Å². The Morgan fingerprint density at radius 3 is 2.71 bits per heavy atom. The van der Waals surface area contributed by atoms with Gasteiger partial charge in [-0.3, -0.25) is 0 Å². The standard InChI is InChI=1S/C18H16FNS/c19-13-6-7-16-12(8-13)9-17(21-16)18(20)15-10-14(15)11-4-2-1-3-5-11/h1-9,14-15,18H,10,20H2. The van der Waals surface area contributed by atoms with E-state index in [1.54, 1.807) is 17.4 Å². The number of rotatable bonds is 3. The first-order chi connectivity index (χ1) is 10.2. The lowest BCUT2D eigenvalue weighted by molar-refractivity contribution is 0.626. The highest BCUT2D eigenvalue weighted by atomic mass is 32.1. The summed E-state index contributed by atoms with van der Waals surface area (Å²) < 4.78 is 14.4. The highest BCUT2D eigenvalue weighted by molar-refractivity contribution is 7.19. The van der Waals surface area contributed by atoms with Crippen LogP contribution in [0.5, 0.6) is 0 Å². The third kappa shape index (κ3) is 2.37. The van der Waals surface area contributed by atoms with Crippen molar-refractivity contribution in [2.45, 2.75) is 18.4 Å². The third-order valence-electron chi connectivity index (χ3n) is 4.35. The zero-order chi connectivity index (χ0) is 14.4. The first-order valence-corrected chi connectivity index (χ1v) is 8.03. The zero-order valence-electron chi connectivity index (χ0n) is 11.5. The van der Waals surface area contributed by atoms with E-state index in [9.17, 15) is 4.39 Å². The Morgan fingerprint density at radius 2 is 1.90 bits per heavy atom. The molecule has 21 heavy (non-hydrogen) atoms. The molecule has 3 unspecified atom stereocenters. The lowest BCUT2D eigenvalue weighted by atomic mass is 10.0. The van der Waals surface area contributed by atoms with Gasteiger partial charge in [0.1, 0.15) is 5.82 Å². The second kappa shape index (κ2) is 4.93. The molecular weight excluding hydrogens is 281 g/mol. The van der Waals surface area contributed by atoms with E-state index in [2.05, 4.69) is 24.3 Å². The van der Waals surface area contributed by atoms with Gasteiger partial charge in [-0.1, -0.05) is 30.3 Å². The minimum atomic E-state index is -0.186. The van der Waals surface area contributed by atoms with Crippen LogP contribution in [-0.2, 0) is 0 Å². The summed E-state index contributed by atoms with van der Waals surface area (Å²) in [7, 11) is 0. The van der Waals surface area contributed by atoms with E-state index in [1.165, 1.54) is 16.5 Å². The predicted octanol–water partition coefficient (Wildman–Crippen LogP) is 4.84. The monoisotopic (exact) mass is 297 g/mol. The lowest BCUT2D eigenvalue weighted by Gasteiger charge is -2.08. The van der Waals surface area contributed by atoms with Crippen molar-refractivity contribution < 1.29 is 4.39 Å². The summed E-state index contributed by atoms with van der Waals surface area (Å²) >= 11 is 1.69. The summed E-state index contributed by atoms with van der Waals surface area (Å²) in [5, 5.41) is 0.961. The van der Waals surface area contributed by atoms with Crippen LogP contribution in [-0.4, -0.2) is 0 Å². The summed E-state index contributed by atoms with van der Waals surface area (Å²) in [4.78, 5) is 1.17. The molecule has 0 radical (unpaired) electrons. The Kier molecular flexibility index (Phi) is 3.05. The molecule has 1 aromatic heterocycles. The van der Waals surface area contributed by atoms with Gasteiger partial charge in [-0.2, -0.15) is 0 Å². The number of nitrogens with two attached hydrogens (primary N) is 1. The molecule has 2 aromatic carbocycles. The van der Waals surface area contributed by atoms with Crippen molar-refractivity contribution in [3.05, 3.63) is 70.9 Å². The second-order valence-electron chi connectivity index (χ2n) is 5.77. The van der Waals surface area contributed by atoms with E-state index in [0.717, 1.165) is 16.5 Å². The van der Waals surface area contributed by atoms with Gasteiger partial charge in [-0.25, -0.2) is 4.39 Å². The Balaban J connectivity index is 1.58. The molecule has 0 spiro atoms. The zero-order valence-corrected chi connectivity index (χ0v) is 12.3. The maximum atomic E-state index is 13.3. The number of hydrogen-bond acceptors (Lipinski definition) is 2. The second-order valence-corrected chi connectivity index (χ2v) is 6.89. The van der Waals surface area contributed by atoms with Gasteiger partial charge in [0.15, 0.2) is 0 Å². The van der Waals surface area contributed by atoms with Crippen LogP contribution in [0.25, 0.3) is 10.1 Å².